The van der Waals surface area contributed by atoms with Crippen LogP contribution in [-0.4, -0.2) is 40.7 Å². The quantitative estimate of drug-likeness (QED) is 0.324. The lowest BCUT2D eigenvalue weighted by molar-refractivity contribution is -0.0526. The van der Waals surface area contributed by atoms with Crippen LogP contribution in [-0.2, 0) is 0 Å². The largest absolute Gasteiger partial charge is 0.446 e. The summed E-state index contributed by atoms with van der Waals surface area (Å²) in [6, 6.07) is 3.98. The first kappa shape index (κ1) is 19.3. The second-order valence-electron chi connectivity index (χ2n) is 5.48. The first-order valence-corrected chi connectivity index (χ1v) is 7.97. The molecule has 1 fully saturated rings. The van der Waals surface area contributed by atoms with Crippen LogP contribution < -0.4 is 11.5 Å². The normalized spacial score (nSPS) is 21.2. The van der Waals surface area contributed by atoms with Crippen molar-refractivity contribution in [1.82, 2.24) is 4.90 Å². The van der Waals surface area contributed by atoms with E-state index < -0.39 is 36.3 Å². The minimum absolute atomic E-state index is 0.0282. The minimum atomic E-state index is -4.40. The number of nitrogens with zero attached hydrogens (tertiary/aromatic N) is 2. The first-order valence-electron chi connectivity index (χ1n) is 7.15. The Balaban J connectivity index is 2.19. The molecule has 11 heteroatoms. The van der Waals surface area contributed by atoms with Crippen molar-refractivity contribution in [1.29, 1.82) is 5.41 Å². The van der Waals surface area contributed by atoms with E-state index in [2.05, 4.69) is 4.99 Å². The summed E-state index contributed by atoms with van der Waals surface area (Å²) in [6.07, 6.45) is -1.08. The number of likely N-dealkylation sites (tertiary alicyclic amines) is 1. The number of halogens is 5. The molecule has 0 spiro atoms. The van der Waals surface area contributed by atoms with Gasteiger partial charge in [0.25, 0.3) is 5.92 Å². The topological polar surface area (TPSA) is 91.5 Å². The van der Waals surface area contributed by atoms with E-state index in [-0.39, 0.29) is 34.7 Å². The Hall–Kier alpha value is -2.04. The molecule has 1 heterocycles. The summed E-state index contributed by atoms with van der Waals surface area (Å²) in [5.74, 6) is -3.52. The van der Waals surface area contributed by atoms with Crippen molar-refractivity contribution in [3.8, 4) is 0 Å². The molecule has 1 aliphatic heterocycles. The number of piperidine rings is 1. The lowest BCUT2D eigenvalue weighted by Gasteiger charge is -2.39. The fourth-order valence-electron chi connectivity index (χ4n) is 2.43. The van der Waals surface area contributed by atoms with E-state index in [1.54, 1.807) is 0 Å². The molecule has 0 amide bonds. The van der Waals surface area contributed by atoms with Crippen molar-refractivity contribution < 1.29 is 22.0 Å². The van der Waals surface area contributed by atoms with E-state index in [9.17, 15) is 22.0 Å². The monoisotopic (exact) mass is 381 g/mol. The molecule has 5 nitrogen and oxygen atoms in total. The molecule has 0 aromatic heterocycles. The summed E-state index contributed by atoms with van der Waals surface area (Å²) in [7, 11) is 0. The van der Waals surface area contributed by atoms with Crippen LogP contribution in [0.3, 0.4) is 0 Å². The second kappa shape index (κ2) is 7.06. The summed E-state index contributed by atoms with van der Waals surface area (Å²) < 4.78 is 64.2. The molecule has 0 aliphatic carbocycles. The standard InChI is InChI=1S/C14H16F5N5S/c15-13(16)5-6-24(12(21)22)10(7-13)11(20)23-8-1-3-9(4-2-8)25-14(17,18)19/h1-4,10H,5-7H2,(H2,20,23)(H3,21,22). The van der Waals surface area contributed by atoms with Crippen LogP contribution in [0.4, 0.5) is 27.6 Å². The number of hydrogen-bond acceptors (Lipinski definition) is 3. The highest BCUT2D eigenvalue weighted by Crippen LogP contribution is 2.37. The Kier molecular flexibility index (Phi) is 5.45. The predicted octanol–water partition coefficient (Wildman–Crippen LogP) is 3.28. The third-order valence-electron chi connectivity index (χ3n) is 3.57. The average molecular weight is 381 g/mol. The van der Waals surface area contributed by atoms with Gasteiger partial charge in [-0.1, -0.05) is 0 Å². The number of alkyl halides is 5. The van der Waals surface area contributed by atoms with Crippen LogP contribution in [0.2, 0.25) is 0 Å². The zero-order chi connectivity index (χ0) is 18.8. The molecular formula is C14H16F5N5S. The number of hydrogen-bond donors (Lipinski definition) is 3. The van der Waals surface area contributed by atoms with Crippen molar-refractivity contribution in [3.63, 3.8) is 0 Å². The molecular weight excluding hydrogens is 365 g/mol. The molecule has 1 aromatic carbocycles. The Morgan fingerprint density at radius 2 is 1.84 bits per heavy atom. The Morgan fingerprint density at radius 1 is 1.24 bits per heavy atom. The zero-order valence-corrected chi connectivity index (χ0v) is 13.7. The van der Waals surface area contributed by atoms with Gasteiger partial charge in [0.1, 0.15) is 5.84 Å². The van der Waals surface area contributed by atoms with Gasteiger partial charge in [0.15, 0.2) is 5.96 Å². The number of guanidine groups is 1. The lowest BCUT2D eigenvalue weighted by atomic mass is 9.98. The van der Waals surface area contributed by atoms with E-state index in [1.807, 2.05) is 0 Å². The van der Waals surface area contributed by atoms with Crippen molar-refractivity contribution in [3.05, 3.63) is 24.3 Å². The number of rotatable bonds is 3. The molecule has 1 unspecified atom stereocenters. The number of thioether (sulfide) groups is 1. The van der Waals surface area contributed by atoms with Crippen LogP contribution in [0.25, 0.3) is 0 Å². The van der Waals surface area contributed by atoms with Gasteiger partial charge in [-0.2, -0.15) is 13.2 Å². The first-order chi connectivity index (χ1) is 11.5. The summed E-state index contributed by atoms with van der Waals surface area (Å²) in [5.41, 5.74) is 7.03. The highest BCUT2D eigenvalue weighted by Gasteiger charge is 2.42. The molecule has 5 N–H and O–H groups in total. The predicted molar refractivity (Wildman–Crippen MR) is 86.2 cm³/mol. The SMILES string of the molecule is N=C(N)N1CCC(F)(F)CC1C(N)=Nc1ccc(SC(F)(F)F)cc1. The Labute approximate surface area is 144 Å². The van der Waals surface area contributed by atoms with Gasteiger partial charge < -0.3 is 16.4 Å². The summed E-state index contributed by atoms with van der Waals surface area (Å²) >= 11 is -0.271. The molecule has 0 bridgehead atoms. The van der Waals surface area contributed by atoms with Crippen molar-refractivity contribution in [2.45, 2.75) is 35.2 Å². The van der Waals surface area contributed by atoms with Gasteiger partial charge in [0, 0.05) is 24.3 Å². The van der Waals surface area contributed by atoms with Gasteiger partial charge in [-0.3, -0.25) is 5.41 Å². The van der Waals surface area contributed by atoms with Crippen LogP contribution in [0.15, 0.2) is 34.2 Å². The maximum absolute atomic E-state index is 13.6. The van der Waals surface area contributed by atoms with E-state index >= 15 is 0 Å². The fourth-order valence-corrected chi connectivity index (χ4v) is 2.97. The Bertz CT molecular complexity index is 659. The molecule has 138 valence electrons. The van der Waals surface area contributed by atoms with Crippen LogP contribution in [0, 0.1) is 5.41 Å². The van der Waals surface area contributed by atoms with Gasteiger partial charge >= 0.3 is 5.51 Å². The van der Waals surface area contributed by atoms with Gasteiger partial charge in [-0.25, -0.2) is 13.8 Å². The van der Waals surface area contributed by atoms with Gasteiger partial charge in [0.2, 0.25) is 0 Å². The van der Waals surface area contributed by atoms with Crippen LogP contribution in [0.1, 0.15) is 12.8 Å². The van der Waals surface area contributed by atoms with E-state index in [4.69, 9.17) is 16.9 Å². The molecule has 1 aliphatic rings. The van der Waals surface area contributed by atoms with E-state index in [0.717, 1.165) is 0 Å². The molecule has 2 rings (SSSR count). The van der Waals surface area contributed by atoms with Crippen LogP contribution in [0.5, 0.6) is 0 Å². The minimum Gasteiger partial charge on any atom is -0.385 e. The van der Waals surface area contributed by atoms with E-state index in [1.165, 1.54) is 29.2 Å². The Morgan fingerprint density at radius 3 is 2.36 bits per heavy atom. The second-order valence-corrected chi connectivity index (χ2v) is 6.62. The smallest absolute Gasteiger partial charge is 0.385 e. The highest BCUT2D eigenvalue weighted by atomic mass is 32.2. The third kappa shape index (κ3) is 5.48. The van der Waals surface area contributed by atoms with Crippen molar-refractivity contribution in [2.24, 2.45) is 16.5 Å². The maximum Gasteiger partial charge on any atom is 0.446 e. The molecule has 0 saturated carbocycles. The molecule has 25 heavy (non-hydrogen) atoms. The van der Waals surface area contributed by atoms with Crippen LogP contribution >= 0.6 is 11.8 Å². The van der Waals surface area contributed by atoms with Crippen molar-refractivity contribution >= 4 is 29.2 Å². The summed E-state index contributed by atoms with van der Waals surface area (Å²) in [6.45, 7) is -0.135. The average Bonchev–Trinajstić information content (AvgIpc) is 2.46. The van der Waals surface area contributed by atoms with Gasteiger partial charge in [-0.15, -0.1) is 0 Å². The molecule has 1 aromatic rings. The fraction of sp³-hybridized carbons (Fsp3) is 0.429. The maximum atomic E-state index is 13.6. The highest BCUT2D eigenvalue weighted by molar-refractivity contribution is 8.00. The molecule has 0 radical (unpaired) electrons. The number of nitrogens with one attached hydrogen (secondary N) is 1. The molecule has 1 saturated heterocycles. The number of nitrogens with two attached hydrogens (primary N) is 2. The van der Waals surface area contributed by atoms with Crippen molar-refractivity contribution in [2.75, 3.05) is 6.54 Å². The van der Waals surface area contributed by atoms with Gasteiger partial charge in [-0.05, 0) is 36.0 Å². The number of aliphatic imine (C=N–C) groups is 1. The van der Waals surface area contributed by atoms with E-state index in [0.29, 0.717) is 0 Å². The molecule has 1 atom stereocenters. The van der Waals surface area contributed by atoms with Gasteiger partial charge in [0.05, 0.1) is 11.7 Å². The summed E-state index contributed by atoms with van der Waals surface area (Å²) in [4.78, 5) is 5.19. The zero-order valence-electron chi connectivity index (χ0n) is 12.9. The lowest BCUT2D eigenvalue weighted by Crippen LogP contribution is -2.56. The summed E-state index contributed by atoms with van der Waals surface area (Å²) in [5, 5.41) is 7.47. The number of benzene rings is 1. The third-order valence-corrected chi connectivity index (χ3v) is 4.31. The number of amidine groups is 1.